The van der Waals surface area contributed by atoms with Gasteiger partial charge in [-0.1, -0.05) is 12.1 Å². The fourth-order valence-corrected chi connectivity index (χ4v) is 1.77. The van der Waals surface area contributed by atoms with E-state index in [1.165, 1.54) is 14.0 Å². The molecular formula is C14H15N3O3. The molecule has 2 rings (SSSR count). The number of nitrogens with one attached hydrogen (secondary N) is 1. The normalized spacial score (nSPS) is 11.9. The van der Waals surface area contributed by atoms with Crippen molar-refractivity contribution in [3.8, 4) is 0 Å². The number of likely N-dealkylation sites (N-methyl/N-ethyl adjacent to an activating group) is 1. The maximum absolute atomic E-state index is 12.0. The largest absolute Gasteiger partial charge is 0.480 e. The number of amides is 2. The number of rotatable bonds is 3. The number of benzene rings is 1. The summed E-state index contributed by atoms with van der Waals surface area (Å²) in [7, 11) is 1.44. The van der Waals surface area contributed by atoms with Crippen molar-refractivity contribution in [2.24, 2.45) is 0 Å². The Balaban J connectivity index is 2.24. The smallest absolute Gasteiger partial charge is 0.326 e. The number of carbonyl (C=O) groups excluding carboxylic acids is 1. The van der Waals surface area contributed by atoms with Gasteiger partial charge in [0.05, 0.1) is 5.69 Å². The zero-order chi connectivity index (χ0) is 14.7. The van der Waals surface area contributed by atoms with Crippen LogP contribution >= 0.6 is 0 Å². The third-order valence-electron chi connectivity index (χ3n) is 3.18. The zero-order valence-electron chi connectivity index (χ0n) is 11.2. The average Bonchev–Trinajstić information content (AvgIpc) is 2.46. The van der Waals surface area contributed by atoms with Crippen LogP contribution in [-0.4, -0.2) is 40.1 Å². The molecule has 1 unspecified atom stereocenters. The van der Waals surface area contributed by atoms with Crippen molar-refractivity contribution in [2.75, 3.05) is 12.4 Å². The Morgan fingerprint density at radius 2 is 2.10 bits per heavy atom. The monoisotopic (exact) mass is 273 g/mol. The van der Waals surface area contributed by atoms with E-state index in [0.29, 0.717) is 5.69 Å². The van der Waals surface area contributed by atoms with Gasteiger partial charge in [0.1, 0.15) is 6.04 Å². The van der Waals surface area contributed by atoms with Crippen LogP contribution < -0.4 is 5.32 Å². The summed E-state index contributed by atoms with van der Waals surface area (Å²) in [5.74, 6) is -1.05. The molecule has 2 N–H and O–H groups in total. The highest BCUT2D eigenvalue weighted by Crippen LogP contribution is 2.22. The van der Waals surface area contributed by atoms with Gasteiger partial charge in [-0.3, -0.25) is 4.98 Å². The van der Waals surface area contributed by atoms with Gasteiger partial charge in [-0.2, -0.15) is 0 Å². The second-order valence-corrected chi connectivity index (χ2v) is 4.46. The molecule has 0 radical (unpaired) electrons. The molecule has 6 heteroatoms. The Morgan fingerprint density at radius 1 is 1.35 bits per heavy atom. The van der Waals surface area contributed by atoms with E-state index in [1.54, 1.807) is 18.5 Å². The van der Waals surface area contributed by atoms with Crippen LogP contribution in [0.2, 0.25) is 0 Å². The summed E-state index contributed by atoms with van der Waals surface area (Å²) in [6, 6.07) is 5.95. The average molecular weight is 273 g/mol. The predicted octanol–water partition coefficient (Wildman–Crippen LogP) is 2.17. The van der Waals surface area contributed by atoms with Crippen molar-refractivity contribution in [1.82, 2.24) is 9.88 Å². The first-order valence-corrected chi connectivity index (χ1v) is 6.10. The van der Waals surface area contributed by atoms with Gasteiger partial charge in [0, 0.05) is 24.8 Å². The Bertz CT molecular complexity index is 652. The number of hydrogen-bond acceptors (Lipinski definition) is 3. The zero-order valence-corrected chi connectivity index (χ0v) is 11.2. The molecule has 104 valence electrons. The van der Waals surface area contributed by atoms with E-state index in [2.05, 4.69) is 10.3 Å². The van der Waals surface area contributed by atoms with Crippen LogP contribution in [0.5, 0.6) is 0 Å². The van der Waals surface area contributed by atoms with Crippen LogP contribution in [0.25, 0.3) is 10.8 Å². The summed E-state index contributed by atoms with van der Waals surface area (Å²) in [5.41, 5.74) is 0.602. The van der Waals surface area contributed by atoms with E-state index in [1.807, 2.05) is 18.2 Å². The van der Waals surface area contributed by atoms with Crippen molar-refractivity contribution in [3.63, 3.8) is 0 Å². The van der Waals surface area contributed by atoms with E-state index in [-0.39, 0.29) is 0 Å². The second kappa shape index (κ2) is 5.56. The van der Waals surface area contributed by atoms with Gasteiger partial charge in [-0.25, -0.2) is 9.59 Å². The quantitative estimate of drug-likeness (QED) is 0.897. The molecule has 0 bridgehead atoms. The first-order valence-electron chi connectivity index (χ1n) is 6.10. The summed E-state index contributed by atoms with van der Waals surface area (Å²) in [5, 5.41) is 13.4. The molecule has 0 spiro atoms. The summed E-state index contributed by atoms with van der Waals surface area (Å²) in [6.07, 6.45) is 3.33. The lowest BCUT2D eigenvalue weighted by molar-refractivity contribution is -0.141. The van der Waals surface area contributed by atoms with Gasteiger partial charge in [-0.05, 0) is 24.4 Å². The highest BCUT2D eigenvalue weighted by molar-refractivity contribution is 6.01. The Labute approximate surface area is 116 Å². The lowest BCUT2D eigenvalue weighted by atomic mass is 10.1. The lowest BCUT2D eigenvalue weighted by Crippen LogP contribution is -2.42. The molecule has 0 saturated carbocycles. The molecule has 1 aromatic carbocycles. The molecule has 0 aliphatic rings. The fraction of sp³-hybridized carbons (Fsp3) is 0.214. The number of carboxylic acid groups (broad SMARTS) is 1. The van der Waals surface area contributed by atoms with Crippen molar-refractivity contribution in [3.05, 3.63) is 36.7 Å². The van der Waals surface area contributed by atoms with Gasteiger partial charge >= 0.3 is 12.0 Å². The highest BCUT2D eigenvalue weighted by atomic mass is 16.4. The number of pyridine rings is 1. The lowest BCUT2D eigenvalue weighted by Gasteiger charge is -2.22. The van der Waals surface area contributed by atoms with Crippen LogP contribution in [0, 0.1) is 0 Å². The summed E-state index contributed by atoms with van der Waals surface area (Å²) >= 11 is 0. The topological polar surface area (TPSA) is 82.5 Å². The second-order valence-electron chi connectivity index (χ2n) is 4.46. The van der Waals surface area contributed by atoms with Gasteiger partial charge in [0.2, 0.25) is 0 Å². The minimum Gasteiger partial charge on any atom is -0.480 e. The third kappa shape index (κ3) is 2.69. The minimum absolute atomic E-state index is 0.476. The Hall–Kier alpha value is -2.63. The van der Waals surface area contributed by atoms with E-state index in [4.69, 9.17) is 5.11 Å². The number of aliphatic carboxylic acids is 1. The molecule has 0 aliphatic heterocycles. The van der Waals surface area contributed by atoms with Crippen molar-refractivity contribution in [1.29, 1.82) is 0 Å². The van der Waals surface area contributed by atoms with Gasteiger partial charge in [0.15, 0.2) is 0 Å². The molecule has 0 fully saturated rings. The predicted molar refractivity (Wildman–Crippen MR) is 75.6 cm³/mol. The first kappa shape index (κ1) is 13.8. The third-order valence-corrected chi connectivity index (χ3v) is 3.18. The van der Waals surface area contributed by atoms with Crippen LogP contribution in [0.15, 0.2) is 36.7 Å². The summed E-state index contributed by atoms with van der Waals surface area (Å²) in [4.78, 5) is 28.1. The number of carbonyl (C=O) groups is 2. The van der Waals surface area contributed by atoms with Crippen molar-refractivity contribution in [2.45, 2.75) is 13.0 Å². The van der Waals surface area contributed by atoms with E-state index in [0.717, 1.165) is 15.7 Å². The molecule has 0 aliphatic carbocycles. The molecule has 0 saturated heterocycles. The number of anilines is 1. The van der Waals surface area contributed by atoms with Gasteiger partial charge in [0.25, 0.3) is 0 Å². The molecule has 1 heterocycles. The summed E-state index contributed by atoms with van der Waals surface area (Å²) < 4.78 is 0. The van der Waals surface area contributed by atoms with Crippen molar-refractivity contribution < 1.29 is 14.7 Å². The number of carboxylic acids is 1. The molecule has 6 nitrogen and oxygen atoms in total. The standard InChI is InChI=1S/C14H15N3O3/c1-9(13(18)19)17(2)14(20)16-12-5-3-4-10-6-7-15-8-11(10)12/h3-9H,1-2H3,(H,16,20)(H,18,19). The number of aromatic nitrogens is 1. The van der Waals surface area contributed by atoms with Gasteiger partial charge in [-0.15, -0.1) is 0 Å². The highest BCUT2D eigenvalue weighted by Gasteiger charge is 2.21. The molecular weight excluding hydrogens is 258 g/mol. The Morgan fingerprint density at radius 3 is 2.80 bits per heavy atom. The van der Waals surface area contributed by atoms with Crippen LogP contribution in [0.1, 0.15) is 6.92 Å². The number of fused-ring (bicyclic) bond motifs is 1. The van der Waals surface area contributed by atoms with Crippen LogP contribution in [0.4, 0.5) is 10.5 Å². The molecule has 1 atom stereocenters. The van der Waals surface area contributed by atoms with E-state index < -0.39 is 18.0 Å². The number of nitrogens with zero attached hydrogens (tertiary/aromatic N) is 2. The maximum atomic E-state index is 12.0. The van der Waals surface area contributed by atoms with E-state index in [9.17, 15) is 9.59 Å². The van der Waals surface area contributed by atoms with E-state index >= 15 is 0 Å². The Kier molecular flexibility index (Phi) is 3.84. The SMILES string of the molecule is CC(C(=O)O)N(C)C(=O)Nc1cccc2ccncc12. The maximum Gasteiger partial charge on any atom is 0.326 e. The molecule has 2 aromatic rings. The molecule has 20 heavy (non-hydrogen) atoms. The number of urea groups is 1. The summed E-state index contributed by atoms with van der Waals surface area (Å²) in [6.45, 7) is 1.45. The fourth-order valence-electron chi connectivity index (χ4n) is 1.77. The molecule has 2 amide bonds. The van der Waals surface area contributed by atoms with Crippen LogP contribution in [-0.2, 0) is 4.79 Å². The van der Waals surface area contributed by atoms with Crippen LogP contribution in [0.3, 0.4) is 0 Å². The van der Waals surface area contributed by atoms with Crippen molar-refractivity contribution >= 4 is 28.5 Å². The molecule has 1 aromatic heterocycles. The minimum atomic E-state index is -1.05. The first-order chi connectivity index (χ1) is 9.50. The number of hydrogen-bond donors (Lipinski definition) is 2. The van der Waals surface area contributed by atoms with Gasteiger partial charge < -0.3 is 15.3 Å².